The van der Waals surface area contributed by atoms with Crippen LogP contribution in [0, 0.1) is 10.8 Å². The minimum atomic E-state index is -0.552. The fourth-order valence-corrected chi connectivity index (χ4v) is 4.28. The van der Waals surface area contributed by atoms with E-state index >= 15 is 0 Å². The molecule has 0 radical (unpaired) electrons. The van der Waals surface area contributed by atoms with Crippen LogP contribution in [0.25, 0.3) is 6.08 Å². The Morgan fingerprint density at radius 1 is 1.40 bits per heavy atom. The third-order valence-corrected chi connectivity index (χ3v) is 5.31. The smallest absolute Gasteiger partial charge is 0.201 e. The lowest BCUT2D eigenvalue weighted by Gasteiger charge is -2.48. The van der Waals surface area contributed by atoms with Crippen LogP contribution in [0.2, 0.25) is 0 Å². The van der Waals surface area contributed by atoms with Gasteiger partial charge in [0, 0.05) is 36.3 Å². The Balaban J connectivity index is 2.01. The number of hydrogen-bond acceptors (Lipinski definition) is 6. The number of rotatable bonds is 4. The Morgan fingerprint density at radius 2 is 2.24 bits per heavy atom. The summed E-state index contributed by atoms with van der Waals surface area (Å²) in [5, 5.41) is 3.24. The standard InChI is InChI=1S/C19H19NO5/c1-3-24-16-10-19-7-6-12(21)9-13(19)14(20-22)8-11-4-5-15(23-2)18(25-16)17(11)19/h4-8,13,16H,3,9-10H2,1-2H3/t13-,16-,19+/m0/s1. The van der Waals surface area contributed by atoms with Crippen molar-refractivity contribution in [2.75, 3.05) is 13.7 Å². The predicted molar refractivity (Wildman–Crippen MR) is 91.4 cm³/mol. The maximum absolute atomic E-state index is 12.0. The molecule has 6 nitrogen and oxygen atoms in total. The van der Waals surface area contributed by atoms with Gasteiger partial charge in [0.2, 0.25) is 6.29 Å². The number of carbonyl (C=O) groups excluding carboxylic acids is 1. The van der Waals surface area contributed by atoms with Gasteiger partial charge in [-0.15, -0.1) is 4.91 Å². The summed E-state index contributed by atoms with van der Waals surface area (Å²) in [5.74, 6) is 0.919. The van der Waals surface area contributed by atoms with Gasteiger partial charge in [0.1, 0.15) is 0 Å². The molecule has 1 aliphatic heterocycles. The summed E-state index contributed by atoms with van der Waals surface area (Å²) in [5.41, 5.74) is 1.67. The number of nitroso groups, excluding NO2 is 1. The molecule has 0 saturated heterocycles. The summed E-state index contributed by atoms with van der Waals surface area (Å²) in [7, 11) is 1.59. The van der Waals surface area contributed by atoms with Gasteiger partial charge in [0.15, 0.2) is 17.3 Å². The fourth-order valence-electron chi connectivity index (χ4n) is 4.28. The third kappa shape index (κ3) is 2.24. The second-order valence-electron chi connectivity index (χ2n) is 6.53. The lowest BCUT2D eigenvalue weighted by atomic mass is 9.58. The molecule has 0 saturated carbocycles. The van der Waals surface area contributed by atoms with Crippen LogP contribution in [0.5, 0.6) is 11.5 Å². The SMILES string of the molecule is CCO[C@@H]1C[C@]23C=CC(=O)C[C@H]2C(N=O)=Cc2ccc(OC)c(c23)O1. The average molecular weight is 341 g/mol. The molecule has 1 aromatic rings. The molecular formula is C19H19NO5. The Hall–Kier alpha value is -2.47. The first-order valence-corrected chi connectivity index (χ1v) is 8.39. The molecule has 4 rings (SSSR count). The van der Waals surface area contributed by atoms with Gasteiger partial charge in [-0.3, -0.25) is 4.79 Å². The predicted octanol–water partition coefficient (Wildman–Crippen LogP) is 3.34. The highest BCUT2D eigenvalue weighted by molar-refractivity contribution is 5.93. The molecule has 0 bridgehead atoms. The van der Waals surface area contributed by atoms with E-state index in [0.717, 1.165) is 11.1 Å². The van der Waals surface area contributed by atoms with Gasteiger partial charge in [0.05, 0.1) is 12.8 Å². The van der Waals surface area contributed by atoms with Gasteiger partial charge < -0.3 is 14.2 Å². The lowest BCUT2D eigenvalue weighted by Crippen LogP contribution is -2.48. The summed E-state index contributed by atoms with van der Waals surface area (Å²) < 4.78 is 17.3. The van der Waals surface area contributed by atoms with E-state index in [1.807, 2.05) is 25.1 Å². The van der Waals surface area contributed by atoms with E-state index in [9.17, 15) is 9.70 Å². The second-order valence-corrected chi connectivity index (χ2v) is 6.53. The normalized spacial score (nSPS) is 29.2. The lowest BCUT2D eigenvalue weighted by molar-refractivity contribution is -0.120. The Kier molecular flexibility index (Phi) is 3.72. The van der Waals surface area contributed by atoms with Crippen LogP contribution in [0.15, 0.2) is 35.2 Å². The van der Waals surface area contributed by atoms with Crippen LogP contribution in [0.4, 0.5) is 0 Å². The molecule has 2 aliphatic carbocycles. The molecule has 1 aromatic carbocycles. The van der Waals surface area contributed by atoms with E-state index in [1.54, 1.807) is 19.3 Å². The molecule has 1 spiro atoms. The van der Waals surface area contributed by atoms with Gasteiger partial charge in [-0.1, -0.05) is 12.1 Å². The Morgan fingerprint density at radius 3 is 2.96 bits per heavy atom. The minimum absolute atomic E-state index is 0.00229. The van der Waals surface area contributed by atoms with Gasteiger partial charge in [-0.05, 0) is 35.9 Å². The van der Waals surface area contributed by atoms with Crippen LogP contribution in [-0.2, 0) is 14.9 Å². The van der Waals surface area contributed by atoms with Crippen molar-refractivity contribution in [3.8, 4) is 11.5 Å². The summed E-state index contributed by atoms with van der Waals surface area (Å²) in [6.07, 6.45) is 5.56. The molecule has 3 aliphatic rings. The highest BCUT2D eigenvalue weighted by atomic mass is 16.7. The molecule has 0 aromatic heterocycles. The first-order valence-electron chi connectivity index (χ1n) is 8.39. The van der Waals surface area contributed by atoms with Crippen molar-refractivity contribution in [3.05, 3.63) is 46.0 Å². The largest absolute Gasteiger partial charge is 0.493 e. The van der Waals surface area contributed by atoms with Crippen molar-refractivity contribution in [2.45, 2.75) is 31.5 Å². The summed E-state index contributed by atoms with van der Waals surface area (Å²) in [6.45, 7) is 2.40. The van der Waals surface area contributed by atoms with E-state index < -0.39 is 11.7 Å². The van der Waals surface area contributed by atoms with Crippen LogP contribution in [0.1, 0.15) is 30.9 Å². The topological polar surface area (TPSA) is 74.2 Å². The molecule has 1 heterocycles. The third-order valence-electron chi connectivity index (χ3n) is 5.31. The summed E-state index contributed by atoms with van der Waals surface area (Å²) >= 11 is 0. The second kappa shape index (κ2) is 5.81. The van der Waals surface area contributed by atoms with Crippen molar-refractivity contribution in [3.63, 3.8) is 0 Å². The molecule has 0 amide bonds. The zero-order chi connectivity index (χ0) is 17.6. The number of ether oxygens (including phenoxy) is 3. The van der Waals surface area contributed by atoms with Crippen molar-refractivity contribution in [2.24, 2.45) is 11.1 Å². The number of ketones is 1. The summed E-state index contributed by atoms with van der Waals surface area (Å²) in [6, 6.07) is 3.71. The number of benzene rings is 1. The maximum atomic E-state index is 12.0. The van der Waals surface area contributed by atoms with E-state index in [4.69, 9.17) is 14.2 Å². The van der Waals surface area contributed by atoms with E-state index in [2.05, 4.69) is 5.18 Å². The molecule has 3 atom stereocenters. The van der Waals surface area contributed by atoms with Gasteiger partial charge in [-0.25, -0.2) is 0 Å². The van der Waals surface area contributed by atoms with Gasteiger partial charge in [-0.2, -0.15) is 0 Å². The molecule has 0 unspecified atom stereocenters. The Labute approximate surface area is 145 Å². The monoisotopic (exact) mass is 341 g/mol. The van der Waals surface area contributed by atoms with Crippen molar-refractivity contribution >= 4 is 11.9 Å². The number of hydrogen-bond donors (Lipinski definition) is 0. The first kappa shape index (κ1) is 16.0. The molecule has 25 heavy (non-hydrogen) atoms. The number of carbonyl (C=O) groups is 1. The average Bonchev–Trinajstić information content (AvgIpc) is 2.62. The van der Waals surface area contributed by atoms with Crippen LogP contribution in [0.3, 0.4) is 0 Å². The molecule has 0 fully saturated rings. The van der Waals surface area contributed by atoms with Gasteiger partial charge in [0.25, 0.3) is 0 Å². The molecule has 130 valence electrons. The Bertz CT molecular complexity index is 812. The zero-order valence-electron chi connectivity index (χ0n) is 14.2. The number of allylic oxidation sites excluding steroid dienone is 3. The highest BCUT2D eigenvalue weighted by Gasteiger charge is 2.53. The summed E-state index contributed by atoms with van der Waals surface area (Å²) in [4.78, 5) is 23.5. The van der Waals surface area contributed by atoms with Crippen LogP contribution < -0.4 is 9.47 Å². The number of methoxy groups -OCH3 is 1. The van der Waals surface area contributed by atoms with E-state index in [-0.39, 0.29) is 18.1 Å². The van der Waals surface area contributed by atoms with E-state index in [0.29, 0.717) is 30.2 Å². The van der Waals surface area contributed by atoms with Crippen molar-refractivity contribution in [1.29, 1.82) is 0 Å². The van der Waals surface area contributed by atoms with Crippen LogP contribution in [-0.4, -0.2) is 25.8 Å². The van der Waals surface area contributed by atoms with Gasteiger partial charge >= 0.3 is 0 Å². The zero-order valence-corrected chi connectivity index (χ0v) is 14.2. The molecule has 0 N–H and O–H groups in total. The number of nitrogens with zero attached hydrogens (tertiary/aromatic N) is 1. The van der Waals surface area contributed by atoms with Crippen molar-refractivity contribution in [1.82, 2.24) is 0 Å². The maximum Gasteiger partial charge on any atom is 0.201 e. The molecular weight excluding hydrogens is 322 g/mol. The van der Waals surface area contributed by atoms with E-state index in [1.165, 1.54) is 0 Å². The highest BCUT2D eigenvalue weighted by Crippen LogP contribution is 2.58. The molecule has 6 heteroatoms. The fraction of sp³-hybridized carbons (Fsp3) is 0.421. The minimum Gasteiger partial charge on any atom is -0.493 e. The first-order chi connectivity index (χ1) is 12.1. The van der Waals surface area contributed by atoms with Crippen LogP contribution >= 0.6 is 0 Å². The quantitative estimate of drug-likeness (QED) is 0.785. The van der Waals surface area contributed by atoms with Crippen molar-refractivity contribution < 1.29 is 19.0 Å².